The van der Waals surface area contributed by atoms with Crippen LogP contribution in [0.3, 0.4) is 0 Å². The quantitative estimate of drug-likeness (QED) is 0.797. The minimum Gasteiger partial charge on any atom is -0.478 e. The van der Waals surface area contributed by atoms with E-state index < -0.39 is 56.6 Å². The van der Waals surface area contributed by atoms with Crippen molar-refractivity contribution in [2.45, 2.75) is 6.18 Å². The van der Waals surface area contributed by atoms with Crippen molar-refractivity contribution in [3.05, 3.63) is 55.1 Å². The SMILES string of the molecule is Cn1c(C(F)(F)F)c(-c2cc(C(=O)O)c(Cl)cc2F)c(=O)[nH]c1=O. The first-order chi connectivity index (χ1) is 10.9. The van der Waals surface area contributed by atoms with Gasteiger partial charge in [-0.05, 0) is 12.1 Å². The third-order valence-corrected chi connectivity index (χ3v) is 3.46. The Kier molecular flexibility index (Phi) is 4.27. The first-order valence-electron chi connectivity index (χ1n) is 6.08. The van der Waals surface area contributed by atoms with Gasteiger partial charge in [0.05, 0.1) is 16.1 Å². The minimum atomic E-state index is -5.17. The molecule has 0 radical (unpaired) electrons. The summed E-state index contributed by atoms with van der Waals surface area (Å²) in [7, 11) is 0.733. The lowest BCUT2D eigenvalue weighted by molar-refractivity contribution is -0.143. The summed E-state index contributed by atoms with van der Waals surface area (Å²) in [5.41, 5.74) is -7.45. The number of H-pyrrole nitrogens is 1. The Morgan fingerprint density at radius 2 is 1.88 bits per heavy atom. The Morgan fingerprint density at radius 3 is 2.38 bits per heavy atom. The summed E-state index contributed by atoms with van der Waals surface area (Å²) in [6.45, 7) is 0. The van der Waals surface area contributed by atoms with E-state index in [0.717, 1.165) is 7.05 Å². The molecule has 0 amide bonds. The average molecular weight is 367 g/mol. The number of carboxylic acid groups (broad SMARTS) is 1. The molecule has 0 saturated heterocycles. The van der Waals surface area contributed by atoms with Gasteiger partial charge < -0.3 is 5.11 Å². The number of nitrogens with zero attached hydrogens (tertiary/aromatic N) is 1. The van der Waals surface area contributed by atoms with Crippen LogP contribution >= 0.6 is 11.6 Å². The molecule has 1 aromatic carbocycles. The van der Waals surface area contributed by atoms with Crippen molar-refractivity contribution in [1.29, 1.82) is 0 Å². The van der Waals surface area contributed by atoms with Gasteiger partial charge in [0.1, 0.15) is 11.5 Å². The zero-order valence-corrected chi connectivity index (χ0v) is 12.4. The second-order valence-electron chi connectivity index (χ2n) is 4.66. The maximum atomic E-state index is 14.1. The first-order valence-corrected chi connectivity index (χ1v) is 6.46. The minimum absolute atomic E-state index is 0.0885. The number of carbonyl (C=O) groups is 1. The van der Waals surface area contributed by atoms with Crippen LogP contribution < -0.4 is 11.2 Å². The van der Waals surface area contributed by atoms with Crippen LogP contribution in [0.2, 0.25) is 5.02 Å². The van der Waals surface area contributed by atoms with Crippen LogP contribution in [0.5, 0.6) is 0 Å². The van der Waals surface area contributed by atoms with E-state index in [-0.39, 0.29) is 4.57 Å². The molecule has 2 N–H and O–H groups in total. The smallest absolute Gasteiger partial charge is 0.432 e. The Bertz CT molecular complexity index is 962. The van der Waals surface area contributed by atoms with Gasteiger partial charge in [-0.2, -0.15) is 13.2 Å². The van der Waals surface area contributed by atoms with E-state index in [9.17, 15) is 31.9 Å². The number of halogens is 5. The van der Waals surface area contributed by atoms with Crippen LogP contribution in [-0.4, -0.2) is 20.6 Å². The number of alkyl halides is 3. The van der Waals surface area contributed by atoms with E-state index >= 15 is 0 Å². The van der Waals surface area contributed by atoms with Gasteiger partial charge >= 0.3 is 17.8 Å². The van der Waals surface area contributed by atoms with E-state index in [2.05, 4.69) is 0 Å². The van der Waals surface area contributed by atoms with Crippen molar-refractivity contribution >= 4 is 17.6 Å². The highest BCUT2D eigenvalue weighted by Gasteiger charge is 2.39. The van der Waals surface area contributed by atoms with Crippen molar-refractivity contribution in [3.8, 4) is 11.1 Å². The lowest BCUT2D eigenvalue weighted by Gasteiger charge is -2.16. The number of aromatic amines is 1. The summed E-state index contributed by atoms with van der Waals surface area (Å²) >= 11 is 5.53. The van der Waals surface area contributed by atoms with Crippen LogP contribution in [0, 0.1) is 5.82 Å². The molecule has 0 spiro atoms. The van der Waals surface area contributed by atoms with Crippen molar-refractivity contribution in [2.24, 2.45) is 7.05 Å². The largest absolute Gasteiger partial charge is 0.478 e. The van der Waals surface area contributed by atoms with Crippen molar-refractivity contribution in [2.75, 3.05) is 0 Å². The number of rotatable bonds is 2. The highest BCUT2D eigenvalue weighted by atomic mass is 35.5. The van der Waals surface area contributed by atoms with Crippen molar-refractivity contribution in [1.82, 2.24) is 9.55 Å². The van der Waals surface area contributed by atoms with Crippen LogP contribution in [0.25, 0.3) is 11.1 Å². The summed E-state index contributed by atoms with van der Waals surface area (Å²) in [4.78, 5) is 35.9. The number of aromatic carboxylic acids is 1. The van der Waals surface area contributed by atoms with Gasteiger partial charge in [-0.25, -0.2) is 14.0 Å². The Morgan fingerprint density at radius 1 is 1.29 bits per heavy atom. The molecule has 0 bridgehead atoms. The van der Waals surface area contributed by atoms with E-state index in [1.807, 2.05) is 0 Å². The molecule has 0 unspecified atom stereocenters. The van der Waals surface area contributed by atoms with E-state index in [1.54, 1.807) is 4.98 Å². The monoisotopic (exact) mass is 366 g/mol. The molecular weight excluding hydrogens is 360 g/mol. The normalized spacial score (nSPS) is 11.6. The van der Waals surface area contributed by atoms with Gasteiger partial charge in [-0.15, -0.1) is 0 Å². The van der Waals surface area contributed by atoms with Gasteiger partial charge in [0.2, 0.25) is 0 Å². The third-order valence-electron chi connectivity index (χ3n) is 3.15. The fourth-order valence-electron chi connectivity index (χ4n) is 2.11. The van der Waals surface area contributed by atoms with Gasteiger partial charge in [0.25, 0.3) is 5.56 Å². The van der Waals surface area contributed by atoms with E-state index in [1.165, 1.54) is 0 Å². The molecule has 11 heteroatoms. The number of aromatic nitrogens is 2. The fourth-order valence-corrected chi connectivity index (χ4v) is 2.34. The number of nitrogens with one attached hydrogen (secondary N) is 1. The zero-order valence-electron chi connectivity index (χ0n) is 11.7. The summed E-state index contributed by atoms with van der Waals surface area (Å²) in [5.74, 6) is -2.98. The van der Waals surface area contributed by atoms with Crippen LogP contribution in [0.15, 0.2) is 21.7 Å². The Labute approximate surface area is 134 Å². The molecule has 0 aliphatic rings. The number of benzene rings is 1. The standard InChI is InChI=1S/C13H7ClF4N2O4/c1-20-9(13(16,17)18)8(10(21)19-12(20)24)5-2-4(11(22)23)6(14)3-7(5)15/h2-3H,1H3,(H,22,23)(H,19,21,24). The topological polar surface area (TPSA) is 92.2 Å². The molecule has 1 aromatic heterocycles. The van der Waals surface area contributed by atoms with Crippen molar-refractivity contribution < 1.29 is 27.5 Å². The predicted molar refractivity (Wildman–Crippen MR) is 74.7 cm³/mol. The fraction of sp³-hybridized carbons (Fsp3) is 0.154. The maximum absolute atomic E-state index is 14.1. The predicted octanol–water partition coefficient (Wildman–Crippen LogP) is 2.25. The number of hydrogen-bond donors (Lipinski definition) is 2. The summed E-state index contributed by atoms with van der Waals surface area (Å²) in [6, 6.07) is 0.981. The van der Waals surface area contributed by atoms with E-state index in [4.69, 9.17) is 16.7 Å². The summed E-state index contributed by atoms with van der Waals surface area (Å²) in [5, 5.41) is 8.40. The van der Waals surface area contributed by atoms with Gasteiger partial charge in [-0.1, -0.05) is 11.6 Å². The lowest BCUT2D eigenvalue weighted by atomic mass is 10.0. The first kappa shape index (κ1) is 17.7. The van der Waals surface area contributed by atoms with Gasteiger partial charge in [-0.3, -0.25) is 14.3 Å². The molecule has 0 fully saturated rings. The molecule has 2 aromatic rings. The second-order valence-corrected chi connectivity index (χ2v) is 5.06. The number of hydrogen-bond acceptors (Lipinski definition) is 3. The maximum Gasteiger partial charge on any atom is 0.432 e. The Balaban J connectivity index is 3.01. The number of carboxylic acids is 1. The second kappa shape index (κ2) is 5.78. The van der Waals surface area contributed by atoms with Crippen molar-refractivity contribution in [3.63, 3.8) is 0 Å². The lowest BCUT2D eigenvalue weighted by Crippen LogP contribution is -2.35. The van der Waals surface area contributed by atoms with Gasteiger partial charge in [0, 0.05) is 12.6 Å². The highest BCUT2D eigenvalue weighted by Crippen LogP contribution is 2.36. The molecule has 24 heavy (non-hydrogen) atoms. The van der Waals surface area contributed by atoms with Crippen LogP contribution in [-0.2, 0) is 13.2 Å². The Hall–Kier alpha value is -2.62. The molecule has 2 rings (SSSR count). The molecule has 128 valence electrons. The van der Waals surface area contributed by atoms with Crippen LogP contribution in [0.4, 0.5) is 17.6 Å². The highest BCUT2D eigenvalue weighted by molar-refractivity contribution is 6.33. The third kappa shape index (κ3) is 2.92. The molecule has 0 aliphatic carbocycles. The average Bonchev–Trinajstić information content (AvgIpc) is 2.41. The molecular formula is C13H7ClF4N2O4. The summed E-state index contributed by atoms with van der Waals surface area (Å²) < 4.78 is 53.9. The molecule has 0 atom stereocenters. The van der Waals surface area contributed by atoms with Crippen LogP contribution in [0.1, 0.15) is 16.1 Å². The van der Waals surface area contributed by atoms with E-state index in [0.29, 0.717) is 12.1 Å². The van der Waals surface area contributed by atoms with Gasteiger partial charge in [0.15, 0.2) is 0 Å². The zero-order chi connectivity index (χ0) is 18.4. The molecule has 0 saturated carbocycles. The molecule has 0 aliphatic heterocycles. The molecule has 1 heterocycles. The summed E-state index contributed by atoms with van der Waals surface area (Å²) in [6.07, 6.45) is -5.17. The molecule has 6 nitrogen and oxygen atoms in total.